The first kappa shape index (κ1) is 12.5. The van der Waals surface area contributed by atoms with Crippen molar-refractivity contribution in [3.63, 3.8) is 0 Å². The lowest BCUT2D eigenvalue weighted by molar-refractivity contribution is 0.111. The first-order valence-electron chi connectivity index (χ1n) is 6.39. The van der Waals surface area contributed by atoms with E-state index in [1.54, 1.807) is 0 Å². The van der Waals surface area contributed by atoms with Gasteiger partial charge in [0.1, 0.15) is 6.61 Å². The molecule has 0 atom stereocenters. The summed E-state index contributed by atoms with van der Waals surface area (Å²) < 4.78 is 10.6. The minimum Gasteiger partial charge on any atom is -0.373 e. The van der Waals surface area contributed by atoms with Crippen LogP contribution in [0.5, 0.6) is 0 Å². The third-order valence-corrected chi connectivity index (χ3v) is 2.66. The molecule has 2 rings (SSSR count). The smallest absolute Gasteiger partial charge is 0.229 e. The van der Waals surface area contributed by atoms with Crippen molar-refractivity contribution in [1.29, 1.82) is 0 Å². The first-order chi connectivity index (χ1) is 8.25. The minimum absolute atomic E-state index is 0.456. The van der Waals surface area contributed by atoms with Crippen LogP contribution in [0.3, 0.4) is 0 Å². The number of aromatic nitrogens is 2. The molecule has 17 heavy (non-hydrogen) atoms. The zero-order chi connectivity index (χ0) is 12.1. The fourth-order valence-electron chi connectivity index (χ4n) is 1.55. The number of hydrogen-bond acceptors (Lipinski definition) is 5. The summed E-state index contributed by atoms with van der Waals surface area (Å²) in [5, 5.41) is 7.24. The Kier molecular flexibility index (Phi) is 4.50. The van der Waals surface area contributed by atoms with E-state index < -0.39 is 0 Å². The summed E-state index contributed by atoms with van der Waals surface area (Å²) >= 11 is 0. The Balaban J connectivity index is 1.55. The van der Waals surface area contributed by atoms with Crippen molar-refractivity contribution in [2.75, 3.05) is 13.2 Å². The van der Waals surface area contributed by atoms with Crippen molar-refractivity contribution >= 4 is 0 Å². The molecule has 1 N–H and O–H groups in total. The molecule has 1 aromatic heterocycles. The molecule has 5 nitrogen and oxygen atoms in total. The molecule has 0 radical (unpaired) electrons. The molecule has 1 aliphatic rings. The average molecular weight is 239 g/mol. The molecule has 1 aromatic rings. The van der Waals surface area contributed by atoms with Crippen molar-refractivity contribution in [3.05, 3.63) is 11.7 Å². The number of hydrogen-bond donors (Lipinski definition) is 1. The van der Waals surface area contributed by atoms with Crippen LogP contribution in [0.1, 0.15) is 50.7 Å². The van der Waals surface area contributed by atoms with Gasteiger partial charge in [-0.15, -0.1) is 0 Å². The monoisotopic (exact) mass is 239 g/mol. The van der Waals surface area contributed by atoms with E-state index in [4.69, 9.17) is 9.26 Å². The van der Waals surface area contributed by atoms with Crippen LogP contribution in [-0.4, -0.2) is 29.3 Å². The molecule has 1 aliphatic carbocycles. The van der Waals surface area contributed by atoms with Crippen molar-refractivity contribution in [1.82, 2.24) is 15.5 Å². The van der Waals surface area contributed by atoms with Gasteiger partial charge in [-0.05, 0) is 25.8 Å². The predicted octanol–water partition coefficient (Wildman–Crippen LogP) is 1.85. The maximum Gasteiger partial charge on any atom is 0.229 e. The minimum atomic E-state index is 0.456. The van der Waals surface area contributed by atoms with E-state index in [0.717, 1.165) is 25.5 Å². The molecule has 0 amide bonds. The summed E-state index contributed by atoms with van der Waals surface area (Å²) in [5.74, 6) is 1.97. The molecule has 0 saturated heterocycles. The van der Waals surface area contributed by atoms with E-state index in [1.165, 1.54) is 12.8 Å². The molecule has 0 spiro atoms. The quantitative estimate of drug-likeness (QED) is 0.701. The van der Waals surface area contributed by atoms with Gasteiger partial charge in [0.15, 0.2) is 5.82 Å². The summed E-state index contributed by atoms with van der Waals surface area (Å²) in [4.78, 5) is 4.30. The van der Waals surface area contributed by atoms with E-state index in [1.807, 2.05) is 0 Å². The Hall–Kier alpha value is -0.940. The summed E-state index contributed by atoms with van der Waals surface area (Å²) in [6, 6.07) is 0.535. The zero-order valence-corrected chi connectivity index (χ0v) is 10.6. The van der Waals surface area contributed by atoms with Gasteiger partial charge in [-0.2, -0.15) is 4.98 Å². The highest BCUT2D eigenvalue weighted by Crippen LogP contribution is 2.38. The second-order valence-electron chi connectivity index (χ2n) is 4.84. The van der Waals surface area contributed by atoms with Crippen molar-refractivity contribution in [3.8, 4) is 0 Å². The summed E-state index contributed by atoms with van der Waals surface area (Å²) in [5.41, 5.74) is 0. The molecule has 1 heterocycles. The largest absolute Gasteiger partial charge is 0.373 e. The van der Waals surface area contributed by atoms with Crippen LogP contribution < -0.4 is 5.32 Å². The van der Waals surface area contributed by atoms with Crippen LogP contribution in [0.15, 0.2) is 4.52 Å². The van der Waals surface area contributed by atoms with Gasteiger partial charge in [-0.3, -0.25) is 0 Å². The Labute approximate surface area is 102 Å². The SMILES string of the molecule is CC(C)NCCCOCc1noc(C2CC2)n1. The van der Waals surface area contributed by atoms with Gasteiger partial charge in [-0.1, -0.05) is 19.0 Å². The van der Waals surface area contributed by atoms with Gasteiger partial charge >= 0.3 is 0 Å². The molecule has 0 bridgehead atoms. The van der Waals surface area contributed by atoms with Gasteiger partial charge in [0.25, 0.3) is 0 Å². The highest BCUT2D eigenvalue weighted by Gasteiger charge is 2.29. The molecular formula is C12H21N3O2. The van der Waals surface area contributed by atoms with E-state index in [0.29, 0.717) is 24.4 Å². The molecule has 0 aromatic carbocycles. The lowest BCUT2D eigenvalue weighted by atomic mass is 10.3. The fourth-order valence-corrected chi connectivity index (χ4v) is 1.55. The van der Waals surface area contributed by atoms with E-state index >= 15 is 0 Å². The van der Waals surface area contributed by atoms with E-state index in [2.05, 4.69) is 29.3 Å². The van der Waals surface area contributed by atoms with Crippen LogP contribution >= 0.6 is 0 Å². The Morgan fingerprint density at radius 3 is 3.00 bits per heavy atom. The molecule has 5 heteroatoms. The van der Waals surface area contributed by atoms with Crippen LogP contribution in [-0.2, 0) is 11.3 Å². The highest BCUT2D eigenvalue weighted by molar-refractivity contribution is 5.01. The zero-order valence-electron chi connectivity index (χ0n) is 10.6. The Morgan fingerprint density at radius 1 is 1.47 bits per heavy atom. The Morgan fingerprint density at radius 2 is 2.29 bits per heavy atom. The van der Waals surface area contributed by atoms with Gasteiger partial charge in [0.05, 0.1) is 0 Å². The molecule has 1 fully saturated rings. The molecule has 96 valence electrons. The molecule has 0 unspecified atom stereocenters. The summed E-state index contributed by atoms with van der Waals surface area (Å²) in [7, 11) is 0. The normalized spacial score (nSPS) is 15.7. The van der Waals surface area contributed by atoms with E-state index in [-0.39, 0.29) is 0 Å². The average Bonchev–Trinajstić information content (AvgIpc) is 3.04. The molecule has 1 saturated carbocycles. The maximum absolute atomic E-state index is 5.49. The summed E-state index contributed by atoms with van der Waals surface area (Å²) in [6.45, 7) is 6.45. The molecule has 0 aliphatic heterocycles. The number of rotatable bonds is 8. The lowest BCUT2D eigenvalue weighted by Gasteiger charge is -2.07. The van der Waals surface area contributed by atoms with Gasteiger partial charge in [0.2, 0.25) is 5.89 Å². The number of ether oxygens (including phenoxy) is 1. The van der Waals surface area contributed by atoms with Gasteiger partial charge in [-0.25, -0.2) is 0 Å². The topological polar surface area (TPSA) is 60.2 Å². The summed E-state index contributed by atoms with van der Waals surface area (Å²) in [6.07, 6.45) is 3.37. The third-order valence-electron chi connectivity index (χ3n) is 2.66. The standard InChI is InChI=1S/C12H21N3O2/c1-9(2)13-6-3-7-16-8-11-14-12(17-15-11)10-4-5-10/h9-10,13H,3-8H2,1-2H3. The van der Waals surface area contributed by atoms with Crippen molar-refractivity contribution < 1.29 is 9.26 Å². The fraction of sp³-hybridized carbons (Fsp3) is 0.833. The first-order valence-corrected chi connectivity index (χ1v) is 6.39. The second-order valence-corrected chi connectivity index (χ2v) is 4.84. The van der Waals surface area contributed by atoms with Gasteiger partial charge in [0, 0.05) is 18.6 Å². The van der Waals surface area contributed by atoms with Crippen LogP contribution in [0.4, 0.5) is 0 Å². The third kappa shape index (κ3) is 4.44. The van der Waals surface area contributed by atoms with Gasteiger partial charge < -0.3 is 14.6 Å². The number of nitrogens with one attached hydrogen (secondary N) is 1. The van der Waals surface area contributed by atoms with Crippen molar-refractivity contribution in [2.45, 2.75) is 51.7 Å². The van der Waals surface area contributed by atoms with Crippen LogP contribution in [0.2, 0.25) is 0 Å². The second kappa shape index (κ2) is 6.12. The van der Waals surface area contributed by atoms with Crippen molar-refractivity contribution in [2.24, 2.45) is 0 Å². The highest BCUT2D eigenvalue weighted by atomic mass is 16.5. The number of nitrogens with zero attached hydrogens (tertiary/aromatic N) is 2. The van der Waals surface area contributed by atoms with Crippen LogP contribution in [0.25, 0.3) is 0 Å². The molecular weight excluding hydrogens is 218 g/mol. The Bertz CT molecular complexity index is 334. The predicted molar refractivity (Wildman–Crippen MR) is 63.7 cm³/mol. The lowest BCUT2D eigenvalue weighted by Crippen LogP contribution is -2.24. The maximum atomic E-state index is 5.49. The van der Waals surface area contributed by atoms with E-state index in [9.17, 15) is 0 Å². The van der Waals surface area contributed by atoms with Crippen LogP contribution in [0, 0.1) is 0 Å².